The fraction of sp³-hybridized carbons (Fsp3) is 0.714. The van der Waals surface area contributed by atoms with Crippen molar-refractivity contribution in [1.29, 1.82) is 0 Å². The van der Waals surface area contributed by atoms with Crippen molar-refractivity contribution in [3.63, 3.8) is 0 Å². The van der Waals surface area contributed by atoms with Crippen molar-refractivity contribution in [2.75, 3.05) is 13.1 Å². The first-order valence-corrected chi connectivity index (χ1v) is 3.29. The minimum absolute atomic E-state index is 0.0220. The molecular formula is C7H14N2. The zero-order valence-corrected chi connectivity index (χ0v) is 5.93. The second kappa shape index (κ2) is 2.03. The Labute approximate surface area is 56.3 Å². The molecule has 2 heteroatoms. The van der Waals surface area contributed by atoms with Crippen LogP contribution in [0.2, 0.25) is 0 Å². The first-order valence-electron chi connectivity index (χ1n) is 3.29. The second-order valence-electron chi connectivity index (χ2n) is 3.06. The second-order valence-corrected chi connectivity index (χ2v) is 3.06. The smallest absolute Gasteiger partial charge is 0.0350 e. The number of nitrogens with zero attached hydrogens (tertiary/aromatic N) is 1. The molecule has 0 bridgehead atoms. The molecule has 0 spiro atoms. The monoisotopic (exact) mass is 126 g/mol. The van der Waals surface area contributed by atoms with Gasteiger partial charge >= 0.3 is 0 Å². The van der Waals surface area contributed by atoms with Crippen LogP contribution in [0.3, 0.4) is 0 Å². The van der Waals surface area contributed by atoms with Crippen molar-refractivity contribution in [2.45, 2.75) is 18.9 Å². The highest BCUT2D eigenvalue weighted by Crippen LogP contribution is 2.16. The Hall–Kier alpha value is -0.500. The highest BCUT2D eigenvalue weighted by Gasteiger charge is 2.27. The van der Waals surface area contributed by atoms with Crippen molar-refractivity contribution in [3.8, 4) is 0 Å². The molecule has 1 aliphatic rings. The summed E-state index contributed by atoms with van der Waals surface area (Å²) in [5.74, 6) is 0. The summed E-state index contributed by atoms with van der Waals surface area (Å²) in [7, 11) is 0. The van der Waals surface area contributed by atoms with E-state index in [0.29, 0.717) is 0 Å². The van der Waals surface area contributed by atoms with E-state index in [1.807, 2.05) is 6.20 Å². The average molecular weight is 126 g/mol. The van der Waals surface area contributed by atoms with Gasteiger partial charge in [0.1, 0.15) is 0 Å². The van der Waals surface area contributed by atoms with Crippen LogP contribution >= 0.6 is 0 Å². The normalized spacial score (nSPS) is 35.1. The Morgan fingerprint density at radius 1 is 1.78 bits per heavy atom. The molecule has 1 rings (SSSR count). The van der Waals surface area contributed by atoms with Crippen LogP contribution in [0, 0.1) is 0 Å². The fourth-order valence-corrected chi connectivity index (χ4v) is 1.18. The number of rotatable bonds is 1. The standard InChI is InChI=1S/C7H14N2/c1-3-9-5-4-7(2,8)6-9/h3H,1,4-6,8H2,2H3/t7-/m0/s1. The largest absolute Gasteiger partial charge is 0.376 e. The zero-order chi connectivity index (χ0) is 6.91. The molecule has 0 radical (unpaired) electrons. The molecule has 1 saturated heterocycles. The molecule has 0 saturated carbocycles. The first-order chi connectivity index (χ1) is 4.14. The molecule has 2 N–H and O–H groups in total. The molecule has 0 aromatic rings. The molecule has 1 heterocycles. The molecule has 0 unspecified atom stereocenters. The van der Waals surface area contributed by atoms with Gasteiger partial charge in [0.25, 0.3) is 0 Å². The van der Waals surface area contributed by atoms with E-state index in [-0.39, 0.29) is 5.54 Å². The van der Waals surface area contributed by atoms with E-state index in [1.54, 1.807) is 0 Å². The summed E-state index contributed by atoms with van der Waals surface area (Å²) in [4.78, 5) is 2.15. The third-order valence-electron chi connectivity index (χ3n) is 1.79. The molecule has 9 heavy (non-hydrogen) atoms. The lowest BCUT2D eigenvalue weighted by molar-refractivity contribution is 0.420. The number of likely N-dealkylation sites (tertiary alicyclic amines) is 1. The SMILES string of the molecule is C=CN1CC[C@](C)(N)C1. The third kappa shape index (κ3) is 1.45. The maximum Gasteiger partial charge on any atom is 0.0350 e. The molecule has 1 fully saturated rings. The van der Waals surface area contributed by atoms with Gasteiger partial charge in [-0.05, 0) is 19.5 Å². The van der Waals surface area contributed by atoms with Crippen LogP contribution in [0.1, 0.15) is 13.3 Å². The van der Waals surface area contributed by atoms with Gasteiger partial charge in [0.05, 0.1) is 0 Å². The zero-order valence-electron chi connectivity index (χ0n) is 5.93. The van der Waals surface area contributed by atoms with E-state index in [1.165, 1.54) is 0 Å². The summed E-state index contributed by atoms with van der Waals surface area (Å²) in [6.45, 7) is 7.78. The van der Waals surface area contributed by atoms with Crippen LogP contribution in [-0.2, 0) is 0 Å². The van der Waals surface area contributed by atoms with E-state index in [0.717, 1.165) is 19.5 Å². The first kappa shape index (κ1) is 6.62. The number of hydrogen-bond acceptors (Lipinski definition) is 2. The van der Waals surface area contributed by atoms with Gasteiger partial charge in [0.2, 0.25) is 0 Å². The van der Waals surface area contributed by atoms with Crippen LogP contribution < -0.4 is 5.73 Å². The van der Waals surface area contributed by atoms with Gasteiger partial charge in [-0.15, -0.1) is 0 Å². The van der Waals surface area contributed by atoms with Crippen LogP contribution in [0.5, 0.6) is 0 Å². The summed E-state index contributed by atoms with van der Waals surface area (Å²) in [5.41, 5.74) is 5.88. The van der Waals surface area contributed by atoms with Gasteiger partial charge in [-0.3, -0.25) is 0 Å². The lowest BCUT2D eigenvalue weighted by atomic mass is 10.0. The summed E-state index contributed by atoms with van der Waals surface area (Å²) < 4.78 is 0. The number of hydrogen-bond donors (Lipinski definition) is 1. The minimum atomic E-state index is 0.0220. The van der Waals surface area contributed by atoms with Crippen molar-refractivity contribution >= 4 is 0 Å². The van der Waals surface area contributed by atoms with Crippen molar-refractivity contribution in [2.24, 2.45) is 5.73 Å². The fourth-order valence-electron chi connectivity index (χ4n) is 1.18. The summed E-state index contributed by atoms with van der Waals surface area (Å²) in [6.07, 6.45) is 2.94. The van der Waals surface area contributed by atoms with E-state index in [9.17, 15) is 0 Å². The molecule has 1 aliphatic heterocycles. The van der Waals surface area contributed by atoms with Gasteiger partial charge in [-0.25, -0.2) is 0 Å². The summed E-state index contributed by atoms with van der Waals surface area (Å²) in [5, 5.41) is 0. The Morgan fingerprint density at radius 3 is 2.67 bits per heavy atom. The molecule has 2 nitrogen and oxygen atoms in total. The predicted molar refractivity (Wildman–Crippen MR) is 39.0 cm³/mol. The molecule has 0 amide bonds. The van der Waals surface area contributed by atoms with Crippen LogP contribution in [0.25, 0.3) is 0 Å². The summed E-state index contributed by atoms with van der Waals surface area (Å²) >= 11 is 0. The topological polar surface area (TPSA) is 29.3 Å². The molecule has 52 valence electrons. The highest BCUT2D eigenvalue weighted by molar-refractivity contribution is 4.93. The molecule has 0 aromatic heterocycles. The molecule has 0 aliphatic carbocycles. The van der Waals surface area contributed by atoms with Crippen molar-refractivity contribution in [3.05, 3.63) is 12.8 Å². The molecule has 0 aromatic carbocycles. The molecular weight excluding hydrogens is 112 g/mol. The third-order valence-corrected chi connectivity index (χ3v) is 1.79. The predicted octanol–water partition coefficient (Wildman–Crippen LogP) is 0.553. The van der Waals surface area contributed by atoms with Crippen LogP contribution in [0.4, 0.5) is 0 Å². The highest BCUT2D eigenvalue weighted by atomic mass is 15.2. The Kier molecular flexibility index (Phi) is 1.49. The van der Waals surface area contributed by atoms with Crippen molar-refractivity contribution in [1.82, 2.24) is 4.90 Å². The lowest BCUT2D eigenvalue weighted by Crippen LogP contribution is -2.38. The van der Waals surface area contributed by atoms with Crippen molar-refractivity contribution < 1.29 is 0 Å². The van der Waals surface area contributed by atoms with Crippen LogP contribution in [0.15, 0.2) is 12.8 Å². The summed E-state index contributed by atoms with van der Waals surface area (Å²) in [6, 6.07) is 0. The lowest BCUT2D eigenvalue weighted by Gasteiger charge is -2.17. The molecule has 1 atom stereocenters. The maximum atomic E-state index is 5.85. The Morgan fingerprint density at radius 2 is 2.44 bits per heavy atom. The Bertz CT molecular complexity index is 118. The van der Waals surface area contributed by atoms with Gasteiger partial charge in [-0.2, -0.15) is 0 Å². The van der Waals surface area contributed by atoms with E-state index < -0.39 is 0 Å². The average Bonchev–Trinajstić information content (AvgIpc) is 2.10. The van der Waals surface area contributed by atoms with E-state index >= 15 is 0 Å². The maximum absolute atomic E-state index is 5.85. The van der Waals surface area contributed by atoms with E-state index in [2.05, 4.69) is 18.4 Å². The minimum Gasteiger partial charge on any atom is -0.376 e. The Balaban J connectivity index is 2.47. The van der Waals surface area contributed by atoms with Gasteiger partial charge in [0.15, 0.2) is 0 Å². The van der Waals surface area contributed by atoms with Gasteiger partial charge in [-0.1, -0.05) is 6.58 Å². The van der Waals surface area contributed by atoms with Crippen LogP contribution in [-0.4, -0.2) is 23.5 Å². The van der Waals surface area contributed by atoms with E-state index in [4.69, 9.17) is 5.73 Å². The quantitative estimate of drug-likeness (QED) is 0.556. The number of nitrogens with two attached hydrogens (primary N) is 1. The van der Waals surface area contributed by atoms with Gasteiger partial charge in [0, 0.05) is 18.6 Å². The van der Waals surface area contributed by atoms with Gasteiger partial charge < -0.3 is 10.6 Å².